The summed E-state index contributed by atoms with van der Waals surface area (Å²) in [5.74, 6) is 1.13. The van der Waals surface area contributed by atoms with Crippen LogP contribution in [-0.4, -0.2) is 49.5 Å². The van der Waals surface area contributed by atoms with Crippen LogP contribution in [-0.2, 0) is 20.8 Å². The van der Waals surface area contributed by atoms with Crippen LogP contribution in [0.2, 0.25) is 0 Å². The van der Waals surface area contributed by atoms with Crippen LogP contribution in [0.1, 0.15) is 95.8 Å². The zero-order chi connectivity index (χ0) is 32.2. The van der Waals surface area contributed by atoms with Crippen molar-refractivity contribution in [3.05, 3.63) is 89.5 Å². The minimum atomic E-state index is -0.303. The van der Waals surface area contributed by atoms with Gasteiger partial charge in [0.15, 0.2) is 0 Å². The highest BCUT2D eigenvalue weighted by molar-refractivity contribution is 5.88. The van der Waals surface area contributed by atoms with Crippen molar-refractivity contribution >= 4 is 17.9 Å². The average Bonchev–Trinajstić information content (AvgIpc) is 3.22. The number of allylic oxidation sites excluding steroid dienone is 3. The number of ether oxygens (including phenoxy) is 2. The molecule has 2 atom stereocenters. The maximum atomic E-state index is 12.5. The highest BCUT2D eigenvalue weighted by Crippen LogP contribution is 2.33. The number of carbonyl (C=O) groups is 1. The molecule has 5 nitrogen and oxygen atoms in total. The van der Waals surface area contributed by atoms with E-state index in [-0.39, 0.29) is 18.0 Å². The third kappa shape index (κ3) is 10.0. The van der Waals surface area contributed by atoms with E-state index in [1.54, 1.807) is 0 Å². The SMILES string of the molecule is C=C(C[C@H](C)CN(CCC)C1=CC=NCc2ccc(-c3ccc(C(CCC)CC/C=C/C(C)C)cc3)cc21)C(=O)OC1COC1. The summed E-state index contributed by atoms with van der Waals surface area (Å²) in [5.41, 5.74) is 8.09. The van der Waals surface area contributed by atoms with E-state index in [1.165, 1.54) is 52.8 Å². The lowest BCUT2D eigenvalue weighted by Gasteiger charge is -2.31. The monoisotopic (exact) mass is 610 g/mol. The van der Waals surface area contributed by atoms with Gasteiger partial charge in [0.25, 0.3) is 0 Å². The molecular formula is C40H54N2O3. The van der Waals surface area contributed by atoms with Crippen molar-refractivity contribution in [2.24, 2.45) is 16.8 Å². The van der Waals surface area contributed by atoms with Gasteiger partial charge in [0.05, 0.1) is 19.8 Å². The summed E-state index contributed by atoms with van der Waals surface area (Å²) in [5, 5.41) is 0. The Balaban J connectivity index is 1.50. The Morgan fingerprint density at radius 1 is 1.07 bits per heavy atom. The van der Waals surface area contributed by atoms with Gasteiger partial charge in [0, 0.05) is 36.1 Å². The van der Waals surface area contributed by atoms with Crippen LogP contribution in [0, 0.1) is 11.8 Å². The van der Waals surface area contributed by atoms with Gasteiger partial charge in [-0.3, -0.25) is 4.99 Å². The molecule has 0 amide bonds. The molecule has 2 aromatic carbocycles. The molecule has 0 aliphatic carbocycles. The Labute approximate surface area is 272 Å². The van der Waals surface area contributed by atoms with Crippen molar-refractivity contribution in [2.75, 3.05) is 26.3 Å². The summed E-state index contributed by atoms with van der Waals surface area (Å²) in [4.78, 5) is 19.6. The second-order valence-corrected chi connectivity index (χ2v) is 13.2. The van der Waals surface area contributed by atoms with Crippen molar-refractivity contribution in [3.8, 4) is 11.1 Å². The van der Waals surface area contributed by atoms with Gasteiger partial charge in [0.1, 0.15) is 6.10 Å². The molecule has 0 spiro atoms. The number of aliphatic imine (C=N–C) groups is 1. The minimum absolute atomic E-state index is 0.131. The lowest BCUT2D eigenvalue weighted by molar-refractivity contribution is -0.167. The van der Waals surface area contributed by atoms with E-state index >= 15 is 0 Å². The molecule has 2 aliphatic heterocycles. The number of nitrogens with zero attached hydrogens (tertiary/aromatic N) is 2. The van der Waals surface area contributed by atoms with Crippen molar-refractivity contribution in [3.63, 3.8) is 0 Å². The van der Waals surface area contributed by atoms with Crippen LogP contribution >= 0.6 is 0 Å². The topological polar surface area (TPSA) is 51.1 Å². The summed E-state index contributed by atoms with van der Waals surface area (Å²) in [6, 6.07) is 16.1. The minimum Gasteiger partial charge on any atom is -0.454 e. The fourth-order valence-electron chi connectivity index (χ4n) is 6.25. The fraction of sp³-hybridized carbons (Fsp3) is 0.500. The number of esters is 1. The third-order valence-electron chi connectivity index (χ3n) is 8.67. The molecule has 1 unspecified atom stereocenters. The molecule has 45 heavy (non-hydrogen) atoms. The van der Waals surface area contributed by atoms with E-state index in [2.05, 4.69) is 112 Å². The summed E-state index contributed by atoms with van der Waals surface area (Å²) in [6.07, 6.45) is 15.0. The first-order chi connectivity index (χ1) is 21.8. The molecular weight excluding hydrogens is 556 g/mol. The van der Waals surface area contributed by atoms with Crippen molar-refractivity contribution < 1.29 is 14.3 Å². The fourth-order valence-corrected chi connectivity index (χ4v) is 6.25. The molecule has 5 heteroatoms. The van der Waals surface area contributed by atoms with Crippen molar-refractivity contribution in [1.29, 1.82) is 0 Å². The number of carbonyl (C=O) groups excluding carboxylic acids is 1. The first-order valence-electron chi connectivity index (χ1n) is 17.1. The van der Waals surface area contributed by atoms with Crippen LogP contribution in [0.3, 0.4) is 0 Å². The molecule has 0 saturated carbocycles. The average molecular weight is 611 g/mol. The van der Waals surface area contributed by atoms with E-state index in [0.717, 1.165) is 25.9 Å². The largest absolute Gasteiger partial charge is 0.454 e. The Kier molecular flexibility index (Phi) is 13.2. The standard InChI is InChI=1S/C40H54N2O3/c1-7-11-32(13-10-9-12-29(3)4)33-14-16-34(17-15-33)35-18-19-36-25-41-21-20-39(38(36)24-35)42(22-8-2)26-30(5)23-31(6)40(43)45-37-27-44-28-37/h9,12,14-21,24,29-30,32,37H,6-8,10-11,13,22-23,25-28H2,1-5H3/b12-9+/t30-,32?/m0/s1. The summed E-state index contributed by atoms with van der Waals surface area (Å²) >= 11 is 0. The lowest BCUT2D eigenvalue weighted by Crippen LogP contribution is -2.38. The molecule has 4 rings (SSSR count). The van der Waals surface area contributed by atoms with E-state index < -0.39 is 0 Å². The summed E-state index contributed by atoms with van der Waals surface area (Å²) < 4.78 is 10.6. The van der Waals surface area contributed by atoms with Gasteiger partial charge >= 0.3 is 5.97 Å². The van der Waals surface area contributed by atoms with Crippen LogP contribution < -0.4 is 0 Å². The molecule has 0 bridgehead atoms. The van der Waals surface area contributed by atoms with Gasteiger partial charge in [-0.1, -0.05) is 96.2 Å². The Morgan fingerprint density at radius 2 is 1.82 bits per heavy atom. The Bertz CT molecular complexity index is 1350. The molecule has 0 aromatic heterocycles. The van der Waals surface area contributed by atoms with Gasteiger partial charge in [-0.05, 0) is 84.3 Å². The second-order valence-electron chi connectivity index (χ2n) is 13.2. The van der Waals surface area contributed by atoms with Gasteiger partial charge in [-0.15, -0.1) is 0 Å². The van der Waals surface area contributed by atoms with Crippen molar-refractivity contribution in [1.82, 2.24) is 4.90 Å². The maximum absolute atomic E-state index is 12.5. The summed E-state index contributed by atoms with van der Waals surface area (Å²) in [7, 11) is 0. The predicted octanol–water partition coefficient (Wildman–Crippen LogP) is 9.39. The van der Waals surface area contributed by atoms with Crippen LogP contribution in [0.15, 0.2) is 77.8 Å². The van der Waals surface area contributed by atoms with Crippen LogP contribution in [0.4, 0.5) is 0 Å². The van der Waals surface area contributed by atoms with Crippen LogP contribution in [0.5, 0.6) is 0 Å². The van der Waals surface area contributed by atoms with E-state index in [1.807, 2.05) is 6.21 Å². The first kappa shape index (κ1) is 34.4. The van der Waals surface area contributed by atoms with E-state index in [9.17, 15) is 4.79 Å². The normalized spacial score (nSPS) is 16.1. The number of rotatable bonds is 17. The highest BCUT2D eigenvalue weighted by atomic mass is 16.6. The molecule has 0 radical (unpaired) electrons. The first-order valence-corrected chi connectivity index (χ1v) is 17.1. The molecule has 2 aromatic rings. The van der Waals surface area contributed by atoms with Crippen molar-refractivity contribution in [2.45, 2.75) is 91.7 Å². The van der Waals surface area contributed by atoms with Crippen LogP contribution in [0.25, 0.3) is 16.8 Å². The van der Waals surface area contributed by atoms with Gasteiger partial charge in [-0.2, -0.15) is 0 Å². The molecule has 1 fully saturated rings. The highest BCUT2D eigenvalue weighted by Gasteiger charge is 2.25. The molecule has 2 aliphatic rings. The van der Waals surface area contributed by atoms with Gasteiger partial charge in [-0.25, -0.2) is 4.79 Å². The zero-order valence-electron chi connectivity index (χ0n) is 28.3. The molecule has 1 saturated heterocycles. The molecule has 2 heterocycles. The zero-order valence-corrected chi connectivity index (χ0v) is 28.3. The second kappa shape index (κ2) is 17.3. The summed E-state index contributed by atoms with van der Waals surface area (Å²) in [6.45, 7) is 18.6. The van der Waals surface area contributed by atoms with E-state index in [4.69, 9.17) is 9.47 Å². The van der Waals surface area contributed by atoms with Gasteiger partial charge in [0.2, 0.25) is 0 Å². The van der Waals surface area contributed by atoms with E-state index in [0.29, 0.717) is 43.6 Å². The van der Waals surface area contributed by atoms with Gasteiger partial charge < -0.3 is 14.4 Å². The Hall–Kier alpha value is -3.44. The lowest BCUT2D eigenvalue weighted by atomic mass is 9.88. The number of hydrogen-bond donors (Lipinski definition) is 0. The quantitative estimate of drug-likeness (QED) is 0.102. The number of hydrogen-bond acceptors (Lipinski definition) is 5. The third-order valence-corrected chi connectivity index (χ3v) is 8.67. The Morgan fingerprint density at radius 3 is 2.49 bits per heavy atom. The maximum Gasteiger partial charge on any atom is 0.333 e. The molecule has 0 N–H and O–H groups in total. The number of benzene rings is 2. The number of fused-ring (bicyclic) bond motifs is 1. The smallest absolute Gasteiger partial charge is 0.333 e. The predicted molar refractivity (Wildman–Crippen MR) is 188 cm³/mol. The molecule has 242 valence electrons.